The van der Waals surface area contributed by atoms with E-state index in [4.69, 9.17) is 11.6 Å². The van der Waals surface area contributed by atoms with Crippen molar-refractivity contribution in [1.29, 1.82) is 0 Å². The molecule has 1 aromatic carbocycles. The third-order valence-corrected chi connectivity index (χ3v) is 6.43. The molecule has 26 heavy (non-hydrogen) atoms. The van der Waals surface area contributed by atoms with Crippen LogP contribution in [0.1, 0.15) is 23.2 Å². The van der Waals surface area contributed by atoms with Crippen molar-refractivity contribution < 1.29 is 9.59 Å². The highest BCUT2D eigenvalue weighted by atomic mass is 35.5. The highest BCUT2D eigenvalue weighted by molar-refractivity contribution is 7.99. The molecule has 138 valence electrons. The molecule has 1 fully saturated rings. The van der Waals surface area contributed by atoms with Crippen molar-refractivity contribution in [2.24, 2.45) is 0 Å². The van der Waals surface area contributed by atoms with Crippen LogP contribution in [0.15, 0.2) is 29.6 Å². The number of nitrogens with one attached hydrogen (secondary N) is 1. The fourth-order valence-electron chi connectivity index (χ4n) is 2.67. The van der Waals surface area contributed by atoms with E-state index in [-0.39, 0.29) is 18.2 Å². The number of amides is 2. The lowest BCUT2D eigenvalue weighted by Gasteiger charge is -2.23. The first-order chi connectivity index (χ1) is 12.6. The van der Waals surface area contributed by atoms with Crippen molar-refractivity contribution in [2.45, 2.75) is 32.4 Å². The van der Waals surface area contributed by atoms with Crippen molar-refractivity contribution in [3.8, 4) is 0 Å². The van der Waals surface area contributed by atoms with Gasteiger partial charge in [-0.05, 0) is 24.1 Å². The highest BCUT2D eigenvalue weighted by Gasteiger charge is 2.34. The van der Waals surface area contributed by atoms with Crippen molar-refractivity contribution >= 4 is 46.5 Å². The van der Waals surface area contributed by atoms with Gasteiger partial charge < -0.3 is 10.2 Å². The fraction of sp³-hybridized carbons (Fsp3) is 0.389. The normalized spacial score (nSPS) is 16.7. The van der Waals surface area contributed by atoms with E-state index in [1.807, 2.05) is 17.5 Å². The predicted molar refractivity (Wildman–Crippen MR) is 106 cm³/mol. The molecule has 2 amide bonds. The summed E-state index contributed by atoms with van der Waals surface area (Å²) in [6, 6.07) is 6.79. The molecular formula is C18H20ClN3O2S2. The second-order valence-electron chi connectivity index (χ2n) is 5.99. The number of benzene rings is 1. The minimum absolute atomic E-state index is 0.0422. The summed E-state index contributed by atoms with van der Waals surface area (Å²) in [5.41, 5.74) is 1.76. The van der Waals surface area contributed by atoms with Crippen LogP contribution in [-0.2, 0) is 29.0 Å². The van der Waals surface area contributed by atoms with Crippen LogP contribution in [0.4, 0.5) is 0 Å². The average molecular weight is 410 g/mol. The summed E-state index contributed by atoms with van der Waals surface area (Å²) in [7, 11) is 0. The zero-order valence-corrected chi connectivity index (χ0v) is 16.8. The largest absolute Gasteiger partial charge is 0.349 e. The quantitative estimate of drug-likeness (QED) is 0.796. The van der Waals surface area contributed by atoms with E-state index in [9.17, 15) is 9.59 Å². The number of nitrogens with zero attached hydrogens (tertiary/aromatic N) is 2. The lowest BCUT2D eigenvalue weighted by molar-refractivity contribution is -0.137. The number of carbonyl (C=O) groups is 2. The van der Waals surface area contributed by atoms with Crippen LogP contribution in [0.2, 0.25) is 5.02 Å². The first-order valence-electron chi connectivity index (χ1n) is 8.39. The third kappa shape index (κ3) is 4.78. The molecule has 1 aliphatic heterocycles. The maximum absolute atomic E-state index is 12.6. The van der Waals surface area contributed by atoms with Crippen molar-refractivity contribution in [3.63, 3.8) is 0 Å². The number of halogens is 1. The van der Waals surface area contributed by atoms with Crippen LogP contribution < -0.4 is 5.32 Å². The number of rotatable bonds is 6. The van der Waals surface area contributed by atoms with E-state index in [0.29, 0.717) is 23.2 Å². The van der Waals surface area contributed by atoms with Gasteiger partial charge in [-0.25, -0.2) is 4.98 Å². The molecule has 3 rings (SSSR count). The van der Waals surface area contributed by atoms with Gasteiger partial charge in [0, 0.05) is 16.2 Å². The Balaban J connectivity index is 1.56. The van der Waals surface area contributed by atoms with Crippen LogP contribution in [0.5, 0.6) is 0 Å². The molecule has 2 aromatic rings. The molecule has 0 aliphatic carbocycles. The third-order valence-electron chi connectivity index (χ3n) is 4.12. The Morgan fingerprint density at radius 2 is 2.12 bits per heavy atom. The molecule has 5 nitrogen and oxygen atoms in total. The molecule has 1 saturated heterocycles. The molecule has 1 aliphatic rings. The summed E-state index contributed by atoms with van der Waals surface area (Å²) in [4.78, 5) is 31.3. The monoisotopic (exact) mass is 409 g/mol. The van der Waals surface area contributed by atoms with Gasteiger partial charge in [0.25, 0.3) is 0 Å². The number of aryl methyl sites for hydroxylation is 1. The van der Waals surface area contributed by atoms with E-state index >= 15 is 0 Å². The summed E-state index contributed by atoms with van der Waals surface area (Å²) in [5.74, 6) is 1.00. The average Bonchev–Trinajstić information content (AvgIpc) is 3.31. The van der Waals surface area contributed by atoms with Crippen molar-refractivity contribution in [3.05, 3.63) is 50.9 Å². The van der Waals surface area contributed by atoms with Gasteiger partial charge in [0.15, 0.2) is 0 Å². The Morgan fingerprint density at radius 3 is 2.81 bits per heavy atom. The van der Waals surface area contributed by atoms with Crippen LogP contribution in [0.3, 0.4) is 0 Å². The summed E-state index contributed by atoms with van der Waals surface area (Å²) < 4.78 is 0. The standard InChI is InChI=1S/C18H20ClN3O2S2/c1-2-16-21-14(9-26-16)8-20-18(24)15-10-25-11-22(15)17(23)7-12-3-5-13(19)6-4-12/h3-6,9,15H,2,7-8,10-11H2,1H3,(H,20,24)/t15-/m1/s1. The molecule has 1 aromatic heterocycles. The van der Waals surface area contributed by atoms with Crippen LogP contribution in [0.25, 0.3) is 0 Å². The van der Waals surface area contributed by atoms with Gasteiger partial charge in [-0.1, -0.05) is 30.7 Å². The lowest BCUT2D eigenvalue weighted by atomic mass is 10.1. The molecule has 1 N–H and O–H groups in total. The summed E-state index contributed by atoms with van der Waals surface area (Å²) in [6.07, 6.45) is 1.16. The number of thioether (sulfide) groups is 1. The van der Waals surface area contributed by atoms with Gasteiger partial charge in [-0.15, -0.1) is 23.1 Å². The van der Waals surface area contributed by atoms with Gasteiger partial charge in [0.1, 0.15) is 6.04 Å². The number of carbonyl (C=O) groups excluding carboxylic acids is 2. The van der Waals surface area contributed by atoms with Crippen LogP contribution in [-0.4, -0.2) is 39.4 Å². The van der Waals surface area contributed by atoms with Crippen LogP contribution >= 0.6 is 34.7 Å². The van der Waals surface area contributed by atoms with E-state index in [1.54, 1.807) is 40.1 Å². The maximum atomic E-state index is 12.6. The van der Waals surface area contributed by atoms with Gasteiger partial charge >= 0.3 is 0 Å². The molecule has 1 atom stereocenters. The van der Waals surface area contributed by atoms with E-state index in [0.717, 1.165) is 22.7 Å². The van der Waals surface area contributed by atoms with E-state index in [1.165, 1.54) is 0 Å². The lowest BCUT2D eigenvalue weighted by Crippen LogP contribution is -2.47. The van der Waals surface area contributed by atoms with Crippen molar-refractivity contribution in [1.82, 2.24) is 15.2 Å². The fourth-order valence-corrected chi connectivity index (χ4v) is 4.72. The summed E-state index contributed by atoms with van der Waals surface area (Å²) >= 11 is 9.08. The Bertz CT molecular complexity index is 779. The van der Waals surface area contributed by atoms with E-state index < -0.39 is 6.04 Å². The maximum Gasteiger partial charge on any atom is 0.244 e. The second kappa shape index (κ2) is 8.88. The molecule has 2 heterocycles. The number of hydrogen-bond acceptors (Lipinski definition) is 5. The number of aromatic nitrogens is 1. The smallest absolute Gasteiger partial charge is 0.244 e. The number of hydrogen-bond donors (Lipinski definition) is 1. The minimum Gasteiger partial charge on any atom is -0.349 e. The summed E-state index contributed by atoms with van der Waals surface area (Å²) in [6.45, 7) is 2.46. The first kappa shape index (κ1) is 19.2. The SMILES string of the molecule is CCc1nc(CNC(=O)[C@H]2CSCN2C(=O)Cc2ccc(Cl)cc2)cs1. The summed E-state index contributed by atoms with van der Waals surface area (Å²) in [5, 5.41) is 6.58. The zero-order chi connectivity index (χ0) is 18.5. The highest BCUT2D eigenvalue weighted by Crippen LogP contribution is 2.22. The Morgan fingerprint density at radius 1 is 1.35 bits per heavy atom. The van der Waals surface area contributed by atoms with Gasteiger partial charge in [0.2, 0.25) is 11.8 Å². The molecule has 0 spiro atoms. The van der Waals surface area contributed by atoms with Gasteiger partial charge in [0.05, 0.1) is 29.5 Å². The second-order valence-corrected chi connectivity index (χ2v) is 8.37. The Hall–Kier alpha value is -1.57. The molecule has 0 bridgehead atoms. The molecule has 0 saturated carbocycles. The Labute approximate surface area is 166 Å². The molecule has 0 unspecified atom stereocenters. The number of thiazole rings is 1. The molecule has 0 radical (unpaired) electrons. The first-order valence-corrected chi connectivity index (χ1v) is 10.8. The topological polar surface area (TPSA) is 62.3 Å². The molecule has 8 heteroatoms. The van der Waals surface area contributed by atoms with E-state index in [2.05, 4.69) is 17.2 Å². The zero-order valence-electron chi connectivity index (χ0n) is 14.4. The molecular weight excluding hydrogens is 390 g/mol. The minimum atomic E-state index is -0.427. The van der Waals surface area contributed by atoms with Crippen molar-refractivity contribution in [2.75, 3.05) is 11.6 Å². The predicted octanol–water partition coefficient (Wildman–Crippen LogP) is 3.12. The van der Waals surface area contributed by atoms with Gasteiger partial charge in [-0.3, -0.25) is 9.59 Å². The van der Waals surface area contributed by atoms with Gasteiger partial charge in [-0.2, -0.15) is 0 Å². The van der Waals surface area contributed by atoms with Crippen LogP contribution in [0, 0.1) is 0 Å². The Kier molecular flexibility index (Phi) is 6.56.